The van der Waals surface area contributed by atoms with Crippen molar-refractivity contribution in [1.82, 2.24) is 15.0 Å². The van der Waals surface area contributed by atoms with Gasteiger partial charge >= 0.3 is 0 Å². The summed E-state index contributed by atoms with van der Waals surface area (Å²) in [5, 5.41) is 3.43. The van der Waals surface area contributed by atoms with E-state index in [1.807, 2.05) is 24.7 Å². The number of benzene rings is 1. The Morgan fingerprint density at radius 1 is 0.875 bits per heavy atom. The lowest BCUT2D eigenvalue weighted by molar-refractivity contribution is 1.21. The van der Waals surface area contributed by atoms with E-state index in [0.29, 0.717) is 0 Å². The number of pyridine rings is 1. The molecule has 3 aromatic rings. The van der Waals surface area contributed by atoms with E-state index in [2.05, 4.69) is 28.8 Å². The second-order valence-electron chi connectivity index (χ2n) is 3.96. The van der Waals surface area contributed by atoms with Crippen LogP contribution in [0.15, 0.2) is 31.0 Å². The topological polar surface area (TPSA) is 38.7 Å². The first-order valence-corrected chi connectivity index (χ1v) is 5.21. The fraction of sp³-hybridized carbons (Fsp3) is 0.154. The summed E-state index contributed by atoms with van der Waals surface area (Å²) in [5.74, 6) is 0. The molecule has 0 aliphatic rings. The van der Waals surface area contributed by atoms with E-state index in [1.54, 1.807) is 6.33 Å². The highest BCUT2D eigenvalue weighted by atomic mass is 14.8. The minimum absolute atomic E-state index is 1.02. The number of hydrogen-bond donors (Lipinski definition) is 0. The van der Waals surface area contributed by atoms with Gasteiger partial charge in [-0.15, -0.1) is 0 Å². The van der Waals surface area contributed by atoms with Gasteiger partial charge < -0.3 is 0 Å². The number of rotatable bonds is 0. The highest BCUT2D eigenvalue weighted by Gasteiger charge is 2.08. The van der Waals surface area contributed by atoms with Crippen LogP contribution in [0, 0.1) is 13.8 Å². The van der Waals surface area contributed by atoms with Gasteiger partial charge in [-0.1, -0.05) is 0 Å². The van der Waals surface area contributed by atoms with E-state index in [-0.39, 0.29) is 0 Å². The molecule has 0 atom stereocenters. The van der Waals surface area contributed by atoms with Gasteiger partial charge in [0.05, 0.1) is 5.52 Å². The van der Waals surface area contributed by atoms with Gasteiger partial charge in [-0.25, -0.2) is 9.97 Å². The van der Waals surface area contributed by atoms with Crippen LogP contribution < -0.4 is 0 Å². The molecule has 0 unspecified atom stereocenters. The second-order valence-corrected chi connectivity index (χ2v) is 3.96. The van der Waals surface area contributed by atoms with Gasteiger partial charge in [0.2, 0.25) is 0 Å². The van der Waals surface area contributed by atoms with Crippen molar-refractivity contribution < 1.29 is 0 Å². The fourth-order valence-corrected chi connectivity index (χ4v) is 2.14. The maximum absolute atomic E-state index is 4.35. The van der Waals surface area contributed by atoms with E-state index < -0.39 is 0 Å². The van der Waals surface area contributed by atoms with Crippen LogP contribution in [-0.2, 0) is 0 Å². The van der Waals surface area contributed by atoms with Crippen molar-refractivity contribution in [3.05, 3.63) is 42.1 Å². The van der Waals surface area contributed by atoms with Crippen LogP contribution in [0.3, 0.4) is 0 Å². The monoisotopic (exact) mass is 209 g/mol. The molecule has 78 valence electrons. The van der Waals surface area contributed by atoms with Crippen molar-refractivity contribution in [3.8, 4) is 0 Å². The first-order valence-electron chi connectivity index (χ1n) is 5.21. The van der Waals surface area contributed by atoms with Gasteiger partial charge in [-0.2, -0.15) is 0 Å². The van der Waals surface area contributed by atoms with Gasteiger partial charge in [0.25, 0.3) is 0 Å². The smallest absolute Gasteiger partial charge is 0.116 e. The quantitative estimate of drug-likeness (QED) is 0.534. The average molecular weight is 209 g/mol. The third-order valence-electron chi connectivity index (χ3n) is 3.15. The molecule has 16 heavy (non-hydrogen) atoms. The predicted octanol–water partition coefficient (Wildman–Crippen LogP) is 2.79. The minimum Gasteiger partial charge on any atom is -0.264 e. The largest absolute Gasteiger partial charge is 0.264 e. The lowest BCUT2D eigenvalue weighted by atomic mass is 9.98. The summed E-state index contributed by atoms with van der Waals surface area (Å²) in [6.45, 7) is 4.23. The molecule has 3 rings (SSSR count). The Hall–Kier alpha value is -2.03. The SMILES string of the molecule is Cc1c(C)c2ncncc2c2cnccc12. The fourth-order valence-electron chi connectivity index (χ4n) is 2.14. The highest BCUT2D eigenvalue weighted by molar-refractivity contribution is 6.08. The van der Waals surface area contributed by atoms with Crippen LogP contribution in [0.4, 0.5) is 0 Å². The van der Waals surface area contributed by atoms with Crippen LogP contribution in [0.2, 0.25) is 0 Å². The molecule has 0 aliphatic carbocycles. The van der Waals surface area contributed by atoms with Crippen LogP contribution in [0.25, 0.3) is 21.7 Å². The molecule has 3 nitrogen and oxygen atoms in total. The van der Waals surface area contributed by atoms with Gasteiger partial charge in [0, 0.05) is 29.4 Å². The predicted molar refractivity (Wildman–Crippen MR) is 64.3 cm³/mol. The molecular formula is C13H11N3. The summed E-state index contributed by atoms with van der Waals surface area (Å²) in [7, 11) is 0. The zero-order valence-corrected chi connectivity index (χ0v) is 9.23. The number of aromatic nitrogens is 3. The maximum atomic E-state index is 4.35. The zero-order chi connectivity index (χ0) is 11.1. The molecule has 0 amide bonds. The number of fused-ring (bicyclic) bond motifs is 3. The molecule has 0 aliphatic heterocycles. The Balaban J connectivity index is 2.69. The molecule has 0 spiro atoms. The lowest BCUT2D eigenvalue weighted by Crippen LogP contribution is -1.92. The zero-order valence-electron chi connectivity index (χ0n) is 9.23. The molecule has 2 heterocycles. The molecule has 0 radical (unpaired) electrons. The highest BCUT2D eigenvalue weighted by Crippen LogP contribution is 2.29. The third-order valence-corrected chi connectivity index (χ3v) is 3.15. The third kappa shape index (κ3) is 1.11. The van der Waals surface area contributed by atoms with Crippen molar-refractivity contribution in [2.45, 2.75) is 13.8 Å². The van der Waals surface area contributed by atoms with E-state index in [1.165, 1.54) is 16.5 Å². The second kappa shape index (κ2) is 3.23. The summed E-state index contributed by atoms with van der Waals surface area (Å²) in [4.78, 5) is 12.6. The van der Waals surface area contributed by atoms with Crippen LogP contribution >= 0.6 is 0 Å². The van der Waals surface area contributed by atoms with Crippen LogP contribution in [-0.4, -0.2) is 15.0 Å². The van der Waals surface area contributed by atoms with Gasteiger partial charge in [-0.05, 0) is 36.4 Å². The number of nitrogens with zero attached hydrogens (tertiary/aromatic N) is 3. The van der Waals surface area contributed by atoms with Gasteiger partial charge in [0.1, 0.15) is 6.33 Å². The summed E-state index contributed by atoms with van der Waals surface area (Å²) in [6, 6.07) is 2.05. The van der Waals surface area contributed by atoms with Crippen molar-refractivity contribution >= 4 is 21.7 Å². The van der Waals surface area contributed by atoms with E-state index in [0.717, 1.165) is 16.3 Å². The number of hydrogen-bond acceptors (Lipinski definition) is 3. The molecule has 0 N–H and O–H groups in total. The molecule has 0 fully saturated rings. The van der Waals surface area contributed by atoms with Crippen molar-refractivity contribution in [2.75, 3.05) is 0 Å². The Morgan fingerprint density at radius 3 is 2.56 bits per heavy atom. The van der Waals surface area contributed by atoms with Crippen LogP contribution in [0.5, 0.6) is 0 Å². The summed E-state index contributed by atoms with van der Waals surface area (Å²) < 4.78 is 0. The molecule has 0 saturated heterocycles. The molecule has 3 heteroatoms. The first-order chi connectivity index (χ1) is 7.79. The molecule has 1 aromatic carbocycles. The van der Waals surface area contributed by atoms with E-state index >= 15 is 0 Å². The van der Waals surface area contributed by atoms with Crippen molar-refractivity contribution in [1.29, 1.82) is 0 Å². The first kappa shape index (κ1) is 9.21. The Kier molecular flexibility index (Phi) is 1.86. The van der Waals surface area contributed by atoms with Gasteiger partial charge in [-0.3, -0.25) is 4.98 Å². The Labute approximate surface area is 93.2 Å². The van der Waals surface area contributed by atoms with E-state index in [9.17, 15) is 0 Å². The summed E-state index contributed by atoms with van der Waals surface area (Å²) >= 11 is 0. The lowest BCUT2D eigenvalue weighted by Gasteiger charge is -2.09. The summed E-state index contributed by atoms with van der Waals surface area (Å²) in [6.07, 6.45) is 7.16. The Bertz CT molecular complexity index is 628. The van der Waals surface area contributed by atoms with Gasteiger partial charge in [0.15, 0.2) is 0 Å². The minimum atomic E-state index is 1.02. The maximum Gasteiger partial charge on any atom is 0.116 e. The average Bonchev–Trinajstić information content (AvgIpc) is 2.36. The molecule has 2 aromatic heterocycles. The normalized spacial score (nSPS) is 11.1. The molecular weight excluding hydrogens is 198 g/mol. The molecule has 0 saturated carbocycles. The molecule has 0 bridgehead atoms. The standard InChI is InChI=1S/C13H11N3/c1-8-9(2)13-12(6-15-7-16-13)11-5-14-4-3-10(8)11/h3-7H,1-2H3. The van der Waals surface area contributed by atoms with Crippen molar-refractivity contribution in [2.24, 2.45) is 0 Å². The summed E-state index contributed by atoms with van der Waals surface area (Å²) in [5.41, 5.74) is 3.51. The van der Waals surface area contributed by atoms with E-state index in [4.69, 9.17) is 0 Å². The Morgan fingerprint density at radius 2 is 1.69 bits per heavy atom. The van der Waals surface area contributed by atoms with Crippen LogP contribution in [0.1, 0.15) is 11.1 Å². The number of aryl methyl sites for hydroxylation is 2. The van der Waals surface area contributed by atoms with Crippen molar-refractivity contribution in [3.63, 3.8) is 0 Å².